The van der Waals surface area contributed by atoms with Crippen LogP contribution in [-0.4, -0.2) is 18.6 Å². The molecule has 106 valence electrons. The number of likely N-dealkylation sites (N-methyl/N-ethyl adjacent to an activating group) is 1. The van der Waals surface area contributed by atoms with E-state index in [4.69, 9.17) is 0 Å². The summed E-state index contributed by atoms with van der Waals surface area (Å²) in [6, 6.07) is 13.2. The highest BCUT2D eigenvalue weighted by atomic mass is 14.8. The molecule has 20 heavy (non-hydrogen) atoms. The normalized spacial score (nSPS) is 13.9. The Hall–Kier alpha value is -1.67. The molecule has 0 amide bonds. The molecule has 0 saturated carbocycles. The van der Waals surface area contributed by atoms with Gasteiger partial charge in [-0.3, -0.25) is 4.98 Å². The van der Waals surface area contributed by atoms with Crippen LogP contribution in [0.5, 0.6) is 0 Å². The average Bonchev–Trinajstić information content (AvgIpc) is 2.53. The number of hydrogen-bond acceptors (Lipinski definition) is 2. The van der Waals surface area contributed by atoms with Crippen LogP contribution in [0.25, 0.3) is 0 Å². The van der Waals surface area contributed by atoms with Crippen LogP contribution in [-0.2, 0) is 0 Å². The van der Waals surface area contributed by atoms with Gasteiger partial charge in [0.2, 0.25) is 0 Å². The first-order valence-corrected chi connectivity index (χ1v) is 7.40. The second-order valence-corrected chi connectivity index (χ2v) is 5.37. The molecule has 1 N–H and O–H groups in total. The van der Waals surface area contributed by atoms with Gasteiger partial charge in [0.05, 0.1) is 0 Å². The Bertz CT molecular complexity index is 505. The third kappa shape index (κ3) is 3.45. The first-order chi connectivity index (χ1) is 9.76. The van der Waals surface area contributed by atoms with Gasteiger partial charge in [0.15, 0.2) is 0 Å². The molecule has 2 aromatic rings. The third-order valence-corrected chi connectivity index (χ3v) is 4.02. The summed E-state index contributed by atoms with van der Waals surface area (Å²) in [6.07, 6.45) is 4.97. The molecule has 0 radical (unpaired) electrons. The molecular formula is C18H24N2. The topological polar surface area (TPSA) is 24.9 Å². The van der Waals surface area contributed by atoms with Gasteiger partial charge in [-0.25, -0.2) is 0 Å². The Morgan fingerprint density at radius 1 is 1.05 bits per heavy atom. The molecule has 2 atom stereocenters. The van der Waals surface area contributed by atoms with Gasteiger partial charge in [0.25, 0.3) is 0 Å². The lowest BCUT2D eigenvalue weighted by molar-refractivity contribution is 0.702. The standard InChI is InChI=1S/C18H24N2/c1-4-14(2)15-7-9-16(10-8-15)18(13-19-3)17-6-5-11-20-12-17/h5-12,14,18-19H,4,13H2,1-3H3. The lowest BCUT2D eigenvalue weighted by Crippen LogP contribution is -2.18. The monoisotopic (exact) mass is 268 g/mol. The molecule has 0 saturated heterocycles. The minimum Gasteiger partial charge on any atom is -0.319 e. The SMILES string of the molecule is CCC(C)c1ccc(C(CNC)c2cccnc2)cc1. The predicted octanol–water partition coefficient (Wildman–Crippen LogP) is 3.95. The molecule has 1 heterocycles. The zero-order valence-electron chi connectivity index (χ0n) is 12.6. The number of aromatic nitrogens is 1. The van der Waals surface area contributed by atoms with Crippen molar-refractivity contribution in [1.29, 1.82) is 0 Å². The molecule has 0 aliphatic carbocycles. The van der Waals surface area contributed by atoms with Crippen LogP contribution < -0.4 is 5.32 Å². The average molecular weight is 268 g/mol. The van der Waals surface area contributed by atoms with Gasteiger partial charge in [-0.05, 0) is 42.1 Å². The van der Waals surface area contributed by atoms with E-state index in [0.29, 0.717) is 11.8 Å². The van der Waals surface area contributed by atoms with Crippen LogP contribution in [0.15, 0.2) is 48.8 Å². The summed E-state index contributed by atoms with van der Waals surface area (Å²) < 4.78 is 0. The first kappa shape index (κ1) is 14.7. The Labute approximate surface area is 122 Å². The maximum Gasteiger partial charge on any atom is 0.0306 e. The number of benzene rings is 1. The number of hydrogen-bond donors (Lipinski definition) is 1. The van der Waals surface area contributed by atoms with Gasteiger partial charge >= 0.3 is 0 Å². The largest absolute Gasteiger partial charge is 0.319 e. The molecule has 1 aromatic carbocycles. The molecule has 0 bridgehead atoms. The first-order valence-electron chi connectivity index (χ1n) is 7.40. The Morgan fingerprint density at radius 3 is 2.30 bits per heavy atom. The maximum absolute atomic E-state index is 4.24. The van der Waals surface area contributed by atoms with Crippen LogP contribution in [0, 0.1) is 0 Å². The number of nitrogens with one attached hydrogen (secondary N) is 1. The van der Waals surface area contributed by atoms with Crippen molar-refractivity contribution < 1.29 is 0 Å². The Kier molecular flexibility index (Phi) is 5.31. The zero-order valence-corrected chi connectivity index (χ0v) is 12.6. The van der Waals surface area contributed by atoms with Crippen molar-refractivity contribution in [3.63, 3.8) is 0 Å². The highest BCUT2D eigenvalue weighted by Gasteiger charge is 2.14. The van der Waals surface area contributed by atoms with Crippen LogP contribution in [0.1, 0.15) is 48.8 Å². The zero-order chi connectivity index (χ0) is 14.4. The van der Waals surface area contributed by atoms with E-state index in [1.807, 2.05) is 25.5 Å². The van der Waals surface area contributed by atoms with Gasteiger partial charge in [-0.2, -0.15) is 0 Å². The maximum atomic E-state index is 4.24. The molecule has 1 aromatic heterocycles. The van der Waals surface area contributed by atoms with E-state index in [-0.39, 0.29) is 0 Å². The quantitative estimate of drug-likeness (QED) is 0.858. The van der Waals surface area contributed by atoms with Crippen LogP contribution in [0.2, 0.25) is 0 Å². The van der Waals surface area contributed by atoms with E-state index in [1.54, 1.807) is 0 Å². The molecule has 2 nitrogen and oxygen atoms in total. The van der Waals surface area contributed by atoms with Crippen molar-refractivity contribution in [2.45, 2.75) is 32.1 Å². The van der Waals surface area contributed by atoms with Crippen molar-refractivity contribution in [3.8, 4) is 0 Å². The summed E-state index contributed by atoms with van der Waals surface area (Å²) in [4.78, 5) is 4.24. The number of pyridine rings is 1. The minimum absolute atomic E-state index is 0.361. The van der Waals surface area contributed by atoms with E-state index in [9.17, 15) is 0 Å². The van der Waals surface area contributed by atoms with E-state index in [2.05, 4.69) is 54.5 Å². The van der Waals surface area contributed by atoms with Crippen molar-refractivity contribution in [1.82, 2.24) is 10.3 Å². The van der Waals surface area contributed by atoms with Gasteiger partial charge in [0.1, 0.15) is 0 Å². The van der Waals surface area contributed by atoms with Crippen LogP contribution in [0.3, 0.4) is 0 Å². The number of nitrogens with zero attached hydrogens (tertiary/aromatic N) is 1. The van der Waals surface area contributed by atoms with Gasteiger partial charge in [-0.15, -0.1) is 0 Å². The van der Waals surface area contributed by atoms with E-state index >= 15 is 0 Å². The predicted molar refractivity (Wildman–Crippen MR) is 85.2 cm³/mol. The third-order valence-electron chi connectivity index (χ3n) is 4.02. The van der Waals surface area contributed by atoms with E-state index in [1.165, 1.54) is 23.1 Å². The van der Waals surface area contributed by atoms with Crippen molar-refractivity contribution in [3.05, 3.63) is 65.5 Å². The molecular weight excluding hydrogens is 244 g/mol. The minimum atomic E-state index is 0.361. The lowest BCUT2D eigenvalue weighted by Gasteiger charge is -2.18. The lowest BCUT2D eigenvalue weighted by atomic mass is 9.90. The molecule has 0 fully saturated rings. The molecule has 0 aliphatic rings. The van der Waals surface area contributed by atoms with E-state index < -0.39 is 0 Å². The fourth-order valence-electron chi connectivity index (χ4n) is 2.51. The van der Waals surface area contributed by atoms with Crippen molar-refractivity contribution >= 4 is 0 Å². The highest BCUT2D eigenvalue weighted by molar-refractivity contribution is 5.34. The molecule has 0 spiro atoms. The Balaban J connectivity index is 2.26. The van der Waals surface area contributed by atoms with E-state index in [0.717, 1.165) is 6.54 Å². The molecule has 0 aliphatic heterocycles. The summed E-state index contributed by atoms with van der Waals surface area (Å²) >= 11 is 0. The molecule has 2 rings (SSSR count). The van der Waals surface area contributed by atoms with Crippen LogP contribution in [0.4, 0.5) is 0 Å². The van der Waals surface area contributed by atoms with Crippen molar-refractivity contribution in [2.24, 2.45) is 0 Å². The summed E-state index contributed by atoms with van der Waals surface area (Å²) in [6.45, 7) is 5.44. The molecule has 2 unspecified atom stereocenters. The van der Waals surface area contributed by atoms with Crippen molar-refractivity contribution in [2.75, 3.05) is 13.6 Å². The van der Waals surface area contributed by atoms with Gasteiger partial charge < -0.3 is 5.32 Å². The van der Waals surface area contributed by atoms with Crippen LogP contribution >= 0.6 is 0 Å². The fraction of sp³-hybridized carbons (Fsp3) is 0.389. The number of rotatable bonds is 6. The van der Waals surface area contributed by atoms with Gasteiger partial charge in [0, 0.05) is 24.9 Å². The summed E-state index contributed by atoms with van der Waals surface area (Å²) in [5.74, 6) is 0.991. The second-order valence-electron chi connectivity index (χ2n) is 5.37. The highest BCUT2D eigenvalue weighted by Crippen LogP contribution is 2.26. The molecule has 2 heteroatoms. The summed E-state index contributed by atoms with van der Waals surface area (Å²) in [7, 11) is 2.00. The summed E-state index contributed by atoms with van der Waals surface area (Å²) in [5.41, 5.74) is 4.03. The fourth-order valence-corrected chi connectivity index (χ4v) is 2.51. The van der Waals surface area contributed by atoms with Gasteiger partial charge in [-0.1, -0.05) is 44.2 Å². The summed E-state index contributed by atoms with van der Waals surface area (Å²) in [5, 5.41) is 3.29. The second kappa shape index (κ2) is 7.20. The Morgan fingerprint density at radius 2 is 1.75 bits per heavy atom. The smallest absolute Gasteiger partial charge is 0.0306 e.